The van der Waals surface area contributed by atoms with Gasteiger partial charge in [0.15, 0.2) is 0 Å². The molecule has 2 heteroatoms. The van der Waals surface area contributed by atoms with Gasteiger partial charge >= 0.3 is 0 Å². The number of hydrogen-bond acceptors (Lipinski definition) is 2. The van der Waals surface area contributed by atoms with Gasteiger partial charge in [-0.1, -0.05) is 184 Å². The summed E-state index contributed by atoms with van der Waals surface area (Å²) in [5, 5.41) is 2.17. The SMILES string of the molecule is CC1(C)c2ccccc2-c2cc(-c3ccc(N(c4ccccc4-c4ccc(-c5ccccc5)cc4)c4ccc(-c5ccccc5)c5oc6ccccc6c45)cc3)ccc21. The average molecular weight is 756 g/mol. The molecule has 1 aromatic heterocycles. The Hall–Kier alpha value is -7.42. The van der Waals surface area contributed by atoms with E-state index in [0.717, 1.165) is 61.3 Å². The van der Waals surface area contributed by atoms with Crippen molar-refractivity contribution >= 4 is 39.0 Å². The van der Waals surface area contributed by atoms with Gasteiger partial charge in [0.2, 0.25) is 0 Å². The van der Waals surface area contributed by atoms with Crippen molar-refractivity contribution in [1.82, 2.24) is 0 Å². The van der Waals surface area contributed by atoms with E-state index in [1.54, 1.807) is 0 Å². The molecule has 0 radical (unpaired) electrons. The summed E-state index contributed by atoms with van der Waals surface area (Å²) >= 11 is 0. The van der Waals surface area contributed by atoms with Crippen molar-refractivity contribution in [1.29, 1.82) is 0 Å². The highest BCUT2D eigenvalue weighted by Gasteiger charge is 2.35. The van der Waals surface area contributed by atoms with Crippen molar-refractivity contribution < 1.29 is 4.42 Å². The molecule has 0 unspecified atom stereocenters. The van der Waals surface area contributed by atoms with Gasteiger partial charge in [0, 0.05) is 27.6 Å². The van der Waals surface area contributed by atoms with Crippen LogP contribution >= 0.6 is 0 Å². The zero-order valence-electron chi connectivity index (χ0n) is 33.1. The summed E-state index contributed by atoms with van der Waals surface area (Å²) in [5.74, 6) is 0. The molecule has 9 aromatic carbocycles. The summed E-state index contributed by atoms with van der Waals surface area (Å²) in [7, 11) is 0. The van der Waals surface area contributed by atoms with Crippen molar-refractivity contribution in [2.75, 3.05) is 4.90 Å². The number of nitrogens with zero attached hydrogens (tertiary/aromatic N) is 1. The molecule has 280 valence electrons. The molecule has 0 aliphatic heterocycles. The molecular formula is C57H41NO. The zero-order valence-corrected chi connectivity index (χ0v) is 33.1. The van der Waals surface area contributed by atoms with Crippen LogP contribution in [0, 0.1) is 0 Å². The molecular weight excluding hydrogens is 715 g/mol. The first-order chi connectivity index (χ1) is 29.0. The molecule has 0 spiro atoms. The quantitative estimate of drug-likeness (QED) is 0.161. The normalized spacial score (nSPS) is 12.7. The monoisotopic (exact) mass is 755 g/mol. The minimum absolute atomic E-state index is 0.0251. The summed E-state index contributed by atoms with van der Waals surface area (Å²) in [4.78, 5) is 2.42. The number of hydrogen-bond donors (Lipinski definition) is 0. The lowest BCUT2D eigenvalue weighted by Crippen LogP contribution is -2.14. The third-order valence-electron chi connectivity index (χ3n) is 12.3. The summed E-state index contributed by atoms with van der Waals surface area (Å²) in [6.45, 7) is 4.67. The number of benzene rings is 9. The summed E-state index contributed by atoms with van der Waals surface area (Å²) in [6.07, 6.45) is 0. The predicted molar refractivity (Wildman–Crippen MR) is 248 cm³/mol. The largest absolute Gasteiger partial charge is 0.455 e. The van der Waals surface area contributed by atoms with Crippen molar-refractivity contribution in [2.24, 2.45) is 0 Å². The molecule has 0 saturated carbocycles. The third kappa shape index (κ3) is 5.79. The Kier molecular flexibility index (Phi) is 8.20. The predicted octanol–water partition coefficient (Wildman–Crippen LogP) is 16.0. The van der Waals surface area contributed by atoms with Crippen LogP contribution in [-0.2, 0) is 5.41 Å². The Morgan fingerprint density at radius 1 is 0.373 bits per heavy atom. The van der Waals surface area contributed by atoms with Crippen molar-refractivity contribution in [3.8, 4) is 55.6 Å². The van der Waals surface area contributed by atoms with E-state index in [2.05, 4.69) is 231 Å². The summed E-state index contributed by atoms with van der Waals surface area (Å²) in [5.41, 5.74) is 19.6. The standard InChI is InChI=1S/C57H41NO/c1-57(2)50-22-12-9-20-47(50)49-37-43(31-35-51(49)57)40-29-32-44(33-30-40)58(52-23-13-10-19-45(52)42-27-25-39(26-28-42)38-15-5-3-6-16-38)53-36-34-46(41-17-7-4-8-18-41)56-55(53)48-21-11-14-24-54(48)59-56/h3-37H,1-2H3. The van der Waals surface area contributed by atoms with Crippen molar-refractivity contribution in [2.45, 2.75) is 19.3 Å². The Morgan fingerprint density at radius 2 is 0.915 bits per heavy atom. The molecule has 2 nitrogen and oxygen atoms in total. The van der Waals surface area contributed by atoms with Crippen LogP contribution in [0.1, 0.15) is 25.0 Å². The van der Waals surface area contributed by atoms with Crippen LogP contribution in [0.25, 0.3) is 77.6 Å². The Morgan fingerprint density at radius 3 is 1.69 bits per heavy atom. The van der Waals surface area contributed by atoms with Gasteiger partial charge in [-0.25, -0.2) is 0 Å². The van der Waals surface area contributed by atoms with Crippen LogP contribution < -0.4 is 4.90 Å². The molecule has 0 atom stereocenters. The second-order valence-electron chi connectivity index (χ2n) is 16.1. The first-order valence-corrected chi connectivity index (χ1v) is 20.4. The molecule has 0 bridgehead atoms. The molecule has 0 amide bonds. The van der Waals surface area contributed by atoms with Gasteiger partial charge in [0.1, 0.15) is 11.2 Å². The first-order valence-electron chi connectivity index (χ1n) is 20.4. The van der Waals surface area contributed by atoms with Gasteiger partial charge in [-0.2, -0.15) is 0 Å². The maximum absolute atomic E-state index is 6.80. The molecule has 11 rings (SSSR count). The van der Waals surface area contributed by atoms with E-state index in [1.165, 1.54) is 44.5 Å². The molecule has 1 aliphatic carbocycles. The molecule has 1 aliphatic rings. The van der Waals surface area contributed by atoms with E-state index < -0.39 is 0 Å². The van der Waals surface area contributed by atoms with Gasteiger partial charge < -0.3 is 9.32 Å². The van der Waals surface area contributed by atoms with E-state index in [9.17, 15) is 0 Å². The van der Waals surface area contributed by atoms with Crippen molar-refractivity contribution in [3.05, 3.63) is 223 Å². The topological polar surface area (TPSA) is 16.4 Å². The minimum Gasteiger partial charge on any atom is -0.455 e. The number of anilines is 3. The molecule has 0 saturated heterocycles. The molecule has 0 N–H and O–H groups in total. The second-order valence-corrected chi connectivity index (χ2v) is 16.1. The molecule has 1 heterocycles. The molecule has 0 fully saturated rings. The van der Waals surface area contributed by atoms with Crippen LogP contribution in [0.4, 0.5) is 17.1 Å². The third-order valence-corrected chi connectivity index (χ3v) is 12.3. The fourth-order valence-electron chi connectivity index (χ4n) is 9.34. The van der Waals surface area contributed by atoms with E-state index in [1.807, 2.05) is 0 Å². The summed E-state index contributed by atoms with van der Waals surface area (Å²) < 4.78 is 6.80. The van der Waals surface area contributed by atoms with Gasteiger partial charge in [-0.05, 0) is 98.1 Å². The van der Waals surface area contributed by atoms with Crippen LogP contribution in [-0.4, -0.2) is 0 Å². The second kappa shape index (κ2) is 13.9. The fourth-order valence-corrected chi connectivity index (χ4v) is 9.34. The highest BCUT2D eigenvalue weighted by Crippen LogP contribution is 2.51. The van der Waals surface area contributed by atoms with Crippen LogP contribution in [0.3, 0.4) is 0 Å². The maximum Gasteiger partial charge on any atom is 0.145 e. The van der Waals surface area contributed by atoms with Gasteiger partial charge in [0.25, 0.3) is 0 Å². The number of fused-ring (bicyclic) bond motifs is 6. The number of para-hydroxylation sites is 2. The average Bonchev–Trinajstić information content (AvgIpc) is 3.80. The fraction of sp³-hybridized carbons (Fsp3) is 0.0526. The van der Waals surface area contributed by atoms with Gasteiger partial charge in [-0.3, -0.25) is 0 Å². The summed E-state index contributed by atoms with van der Waals surface area (Å²) in [6, 6.07) is 76.7. The van der Waals surface area contributed by atoms with Crippen LogP contribution in [0.2, 0.25) is 0 Å². The minimum atomic E-state index is -0.0251. The van der Waals surface area contributed by atoms with E-state index >= 15 is 0 Å². The van der Waals surface area contributed by atoms with E-state index in [-0.39, 0.29) is 5.41 Å². The van der Waals surface area contributed by atoms with Gasteiger partial charge in [-0.15, -0.1) is 0 Å². The highest BCUT2D eigenvalue weighted by atomic mass is 16.3. The highest BCUT2D eigenvalue weighted by molar-refractivity contribution is 6.17. The lowest BCUT2D eigenvalue weighted by molar-refractivity contribution is 0.660. The number of rotatable bonds is 7. The van der Waals surface area contributed by atoms with Gasteiger partial charge in [0.05, 0.1) is 16.8 Å². The van der Waals surface area contributed by atoms with Crippen LogP contribution in [0.15, 0.2) is 217 Å². The lowest BCUT2D eigenvalue weighted by Gasteiger charge is -2.29. The molecule has 59 heavy (non-hydrogen) atoms. The zero-order chi connectivity index (χ0) is 39.5. The van der Waals surface area contributed by atoms with Crippen molar-refractivity contribution in [3.63, 3.8) is 0 Å². The lowest BCUT2D eigenvalue weighted by atomic mass is 9.82. The van der Waals surface area contributed by atoms with Crippen LogP contribution in [0.5, 0.6) is 0 Å². The Bertz CT molecular complexity index is 3160. The smallest absolute Gasteiger partial charge is 0.145 e. The number of furan rings is 1. The van der Waals surface area contributed by atoms with E-state index in [0.29, 0.717) is 0 Å². The maximum atomic E-state index is 6.80. The van der Waals surface area contributed by atoms with E-state index in [4.69, 9.17) is 4.42 Å². The Labute approximate surface area is 345 Å². The Balaban J connectivity index is 1.09. The first kappa shape index (κ1) is 34.8. The molecule has 10 aromatic rings.